The van der Waals surface area contributed by atoms with E-state index in [2.05, 4.69) is 9.72 Å². The van der Waals surface area contributed by atoms with Gasteiger partial charge in [-0.15, -0.1) is 0 Å². The highest BCUT2D eigenvalue weighted by Gasteiger charge is 2.11. The molecule has 0 saturated heterocycles. The Labute approximate surface area is 67.9 Å². The maximum atomic E-state index is 12.9. The second kappa shape index (κ2) is 2.92. The summed E-state index contributed by atoms with van der Waals surface area (Å²) in [5.74, 6) is -1.01. The Balaban J connectivity index is 3.29. The lowest BCUT2D eigenvalue weighted by Gasteiger charge is -2.04. The number of pyridine rings is 1. The van der Waals surface area contributed by atoms with Gasteiger partial charge in [0, 0.05) is 0 Å². The quantitative estimate of drug-likeness (QED) is 0.705. The van der Waals surface area contributed by atoms with Crippen LogP contribution in [0.1, 0.15) is 0 Å². The van der Waals surface area contributed by atoms with Crippen LogP contribution in [0.15, 0.2) is 6.20 Å². The first-order chi connectivity index (χ1) is 5.16. The number of nitrogens with two attached hydrogens (primary N) is 1. The predicted molar refractivity (Wildman–Crippen MR) is 40.2 cm³/mol. The zero-order chi connectivity index (χ0) is 8.43. The van der Waals surface area contributed by atoms with Crippen LogP contribution in [0.4, 0.5) is 10.2 Å². The molecular weight excluding hydrogens is 171 g/mol. The van der Waals surface area contributed by atoms with Gasteiger partial charge in [-0.3, -0.25) is 0 Å². The summed E-state index contributed by atoms with van der Waals surface area (Å²) < 4.78 is 17.5. The lowest BCUT2D eigenvalue weighted by atomic mass is 10.4. The molecule has 5 heteroatoms. The van der Waals surface area contributed by atoms with Gasteiger partial charge in [-0.25, -0.2) is 4.98 Å². The summed E-state index contributed by atoms with van der Waals surface area (Å²) in [6, 6.07) is 0. The Bertz CT molecular complexity index is 280. The normalized spacial score (nSPS) is 9.73. The van der Waals surface area contributed by atoms with Crippen LogP contribution in [-0.2, 0) is 0 Å². The topological polar surface area (TPSA) is 48.1 Å². The van der Waals surface area contributed by atoms with Crippen molar-refractivity contribution in [2.24, 2.45) is 0 Å². The van der Waals surface area contributed by atoms with Crippen molar-refractivity contribution in [3.8, 4) is 5.75 Å². The number of anilines is 1. The fraction of sp³-hybridized carbons (Fsp3) is 0.167. The van der Waals surface area contributed by atoms with E-state index >= 15 is 0 Å². The van der Waals surface area contributed by atoms with Gasteiger partial charge in [0.1, 0.15) is 5.02 Å². The third-order valence-electron chi connectivity index (χ3n) is 1.16. The fourth-order valence-corrected chi connectivity index (χ4v) is 0.859. The summed E-state index contributed by atoms with van der Waals surface area (Å²) in [5, 5.41) is 0.110. The van der Waals surface area contributed by atoms with Crippen molar-refractivity contribution in [1.29, 1.82) is 0 Å². The van der Waals surface area contributed by atoms with Crippen molar-refractivity contribution in [2.75, 3.05) is 12.8 Å². The van der Waals surface area contributed by atoms with Crippen molar-refractivity contribution in [3.63, 3.8) is 0 Å². The molecule has 0 atom stereocenters. The first-order valence-corrected chi connectivity index (χ1v) is 3.18. The third-order valence-corrected chi connectivity index (χ3v) is 1.43. The van der Waals surface area contributed by atoms with Gasteiger partial charge in [-0.2, -0.15) is 4.39 Å². The van der Waals surface area contributed by atoms with Crippen molar-refractivity contribution in [1.82, 2.24) is 4.98 Å². The van der Waals surface area contributed by atoms with Gasteiger partial charge in [0.25, 0.3) is 0 Å². The SMILES string of the molecule is COc1c(Cl)cnc(N)c1F. The number of hydrogen-bond acceptors (Lipinski definition) is 3. The Morgan fingerprint density at radius 3 is 2.82 bits per heavy atom. The molecule has 0 fully saturated rings. The predicted octanol–water partition coefficient (Wildman–Crippen LogP) is 1.46. The molecule has 11 heavy (non-hydrogen) atoms. The number of nitrogen functional groups attached to an aromatic ring is 1. The van der Waals surface area contributed by atoms with Gasteiger partial charge in [-0.05, 0) is 0 Å². The van der Waals surface area contributed by atoms with E-state index in [1.54, 1.807) is 0 Å². The van der Waals surface area contributed by atoms with E-state index in [1.165, 1.54) is 13.3 Å². The molecule has 0 aromatic carbocycles. The molecule has 3 nitrogen and oxygen atoms in total. The second-order valence-electron chi connectivity index (χ2n) is 1.84. The monoisotopic (exact) mass is 176 g/mol. The zero-order valence-corrected chi connectivity index (χ0v) is 6.52. The summed E-state index contributed by atoms with van der Waals surface area (Å²) in [6.07, 6.45) is 1.23. The van der Waals surface area contributed by atoms with Gasteiger partial charge in [0.05, 0.1) is 13.3 Å². The minimum Gasteiger partial charge on any atom is -0.492 e. The number of halogens is 2. The number of methoxy groups -OCH3 is 1. The Kier molecular flexibility index (Phi) is 2.14. The van der Waals surface area contributed by atoms with Crippen LogP contribution in [0.3, 0.4) is 0 Å². The van der Waals surface area contributed by atoms with Gasteiger partial charge in [-0.1, -0.05) is 11.6 Å². The van der Waals surface area contributed by atoms with E-state index in [9.17, 15) is 4.39 Å². The Morgan fingerprint density at radius 2 is 2.36 bits per heavy atom. The van der Waals surface area contributed by atoms with Crippen LogP contribution in [0.5, 0.6) is 5.75 Å². The highest BCUT2D eigenvalue weighted by Crippen LogP contribution is 2.28. The summed E-state index contributed by atoms with van der Waals surface area (Å²) in [4.78, 5) is 3.48. The standard InChI is InChI=1S/C6H6ClFN2O/c1-11-5-3(7)2-10-6(9)4(5)8/h2H,1H3,(H2,9,10). The Hall–Kier alpha value is -1.03. The maximum absolute atomic E-state index is 12.9. The van der Waals surface area contributed by atoms with Crippen LogP contribution in [-0.4, -0.2) is 12.1 Å². The van der Waals surface area contributed by atoms with Crippen LogP contribution in [0.25, 0.3) is 0 Å². The highest BCUT2D eigenvalue weighted by atomic mass is 35.5. The molecule has 0 bridgehead atoms. The molecule has 0 amide bonds. The van der Waals surface area contributed by atoms with E-state index in [1.807, 2.05) is 0 Å². The van der Waals surface area contributed by atoms with Gasteiger partial charge in [0.2, 0.25) is 5.82 Å². The van der Waals surface area contributed by atoms with E-state index in [4.69, 9.17) is 17.3 Å². The van der Waals surface area contributed by atoms with E-state index in [0.29, 0.717) is 0 Å². The smallest absolute Gasteiger partial charge is 0.208 e. The first-order valence-electron chi connectivity index (χ1n) is 2.80. The van der Waals surface area contributed by atoms with E-state index < -0.39 is 5.82 Å². The van der Waals surface area contributed by atoms with E-state index in [0.717, 1.165) is 0 Å². The van der Waals surface area contributed by atoms with Crippen molar-refractivity contribution in [2.45, 2.75) is 0 Å². The van der Waals surface area contributed by atoms with Gasteiger partial charge < -0.3 is 10.5 Å². The number of hydrogen-bond donors (Lipinski definition) is 1. The maximum Gasteiger partial charge on any atom is 0.208 e. The van der Waals surface area contributed by atoms with Crippen LogP contribution in [0.2, 0.25) is 5.02 Å². The summed E-state index contributed by atoms with van der Waals surface area (Å²) >= 11 is 5.52. The number of aromatic nitrogens is 1. The molecule has 0 saturated carbocycles. The molecule has 1 rings (SSSR count). The molecule has 60 valence electrons. The zero-order valence-electron chi connectivity index (χ0n) is 5.77. The second-order valence-corrected chi connectivity index (χ2v) is 2.25. The molecule has 0 aliphatic rings. The van der Waals surface area contributed by atoms with Crippen LogP contribution < -0.4 is 10.5 Å². The number of rotatable bonds is 1. The molecule has 0 aliphatic heterocycles. The molecule has 1 aromatic rings. The molecular formula is C6H6ClFN2O. The summed E-state index contributed by atoms with van der Waals surface area (Å²) in [6.45, 7) is 0. The lowest BCUT2D eigenvalue weighted by molar-refractivity contribution is 0.386. The molecule has 1 aromatic heterocycles. The van der Waals surface area contributed by atoms with Gasteiger partial charge in [0.15, 0.2) is 11.6 Å². The summed E-state index contributed by atoms with van der Waals surface area (Å²) in [7, 11) is 1.31. The molecule has 0 radical (unpaired) electrons. The average Bonchev–Trinajstić information content (AvgIpc) is 1.99. The molecule has 0 aliphatic carbocycles. The largest absolute Gasteiger partial charge is 0.492 e. The molecule has 0 spiro atoms. The minimum absolute atomic E-state index is 0.0702. The summed E-state index contributed by atoms with van der Waals surface area (Å²) in [5.41, 5.74) is 5.14. The molecule has 0 unspecified atom stereocenters. The van der Waals surface area contributed by atoms with Crippen molar-refractivity contribution < 1.29 is 9.13 Å². The van der Waals surface area contributed by atoms with E-state index in [-0.39, 0.29) is 16.6 Å². The van der Waals surface area contributed by atoms with Crippen molar-refractivity contribution >= 4 is 17.4 Å². The Morgan fingerprint density at radius 1 is 1.73 bits per heavy atom. The first kappa shape index (κ1) is 8.07. The van der Waals surface area contributed by atoms with Crippen LogP contribution >= 0.6 is 11.6 Å². The van der Waals surface area contributed by atoms with Gasteiger partial charge >= 0.3 is 0 Å². The fourth-order valence-electron chi connectivity index (χ4n) is 0.650. The number of ether oxygens (including phenoxy) is 1. The number of nitrogens with zero attached hydrogens (tertiary/aromatic N) is 1. The lowest BCUT2D eigenvalue weighted by Crippen LogP contribution is -1.98. The van der Waals surface area contributed by atoms with Crippen LogP contribution in [0, 0.1) is 5.82 Å². The van der Waals surface area contributed by atoms with Crippen molar-refractivity contribution in [3.05, 3.63) is 17.0 Å². The minimum atomic E-state index is -0.722. The highest BCUT2D eigenvalue weighted by molar-refractivity contribution is 6.32. The third kappa shape index (κ3) is 1.35. The average molecular weight is 177 g/mol. The molecule has 2 N–H and O–H groups in total. The molecule has 1 heterocycles.